The van der Waals surface area contributed by atoms with E-state index >= 15 is 0 Å². The molecule has 114 valence electrons. The molecular formula is C16H34N2O. The molecule has 0 saturated carbocycles. The van der Waals surface area contributed by atoms with Crippen LogP contribution in [-0.2, 0) is 0 Å². The van der Waals surface area contributed by atoms with Crippen molar-refractivity contribution in [1.29, 1.82) is 0 Å². The zero-order chi connectivity index (χ0) is 14.5. The van der Waals surface area contributed by atoms with Crippen LogP contribution in [0.3, 0.4) is 0 Å². The first kappa shape index (κ1) is 16.9. The molecule has 0 spiro atoms. The van der Waals surface area contributed by atoms with Gasteiger partial charge >= 0.3 is 0 Å². The average molecular weight is 270 g/mol. The molecule has 2 N–H and O–H groups in total. The zero-order valence-corrected chi connectivity index (χ0v) is 13.6. The Kier molecular flexibility index (Phi) is 6.78. The van der Waals surface area contributed by atoms with E-state index in [9.17, 15) is 5.11 Å². The van der Waals surface area contributed by atoms with E-state index < -0.39 is 0 Å². The summed E-state index contributed by atoms with van der Waals surface area (Å²) in [6.07, 6.45) is 4.75. The van der Waals surface area contributed by atoms with Crippen molar-refractivity contribution in [3.8, 4) is 0 Å². The Labute approximate surface area is 119 Å². The van der Waals surface area contributed by atoms with E-state index in [2.05, 4.69) is 44.8 Å². The second kappa shape index (κ2) is 7.61. The predicted octanol–water partition coefficient (Wildman–Crippen LogP) is 2.64. The predicted molar refractivity (Wildman–Crippen MR) is 82.4 cm³/mol. The van der Waals surface area contributed by atoms with Gasteiger partial charge < -0.3 is 10.4 Å². The summed E-state index contributed by atoms with van der Waals surface area (Å²) in [5.41, 5.74) is -0.141. The number of rotatable bonds is 7. The zero-order valence-electron chi connectivity index (χ0n) is 13.6. The van der Waals surface area contributed by atoms with Crippen LogP contribution in [0.5, 0.6) is 0 Å². The summed E-state index contributed by atoms with van der Waals surface area (Å²) in [7, 11) is 0. The van der Waals surface area contributed by atoms with Crippen molar-refractivity contribution in [2.45, 2.75) is 77.9 Å². The van der Waals surface area contributed by atoms with E-state index in [1.807, 2.05) is 0 Å². The van der Waals surface area contributed by atoms with Gasteiger partial charge in [-0.3, -0.25) is 4.90 Å². The van der Waals surface area contributed by atoms with Crippen molar-refractivity contribution in [1.82, 2.24) is 10.2 Å². The van der Waals surface area contributed by atoms with Gasteiger partial charge in [0.25, 0.3) is 0 Å². The largest absolute Gasteiger partial charge is 0.394 e. The van der Waals surface area contributed by atoms with Crippen LogP contribution in [0.15, 0.2) is 0 Å². The summed E-state index contributed by atoms with van der Waals surface area (Å²) in [5, 5.41) is 13.2. The van der Waals surface area contributed by atoms with Crippen LogP contribution in [0.4, 0.5) is 0 Å². The maximum absolute atomic E-state index is 9.69. The minimum atomic E-state index is -0.141. The third-order valence-corrected chi connectivity index (χ3v) is 4.65. The molecular weight excluding hydrogens is 236 g/mol. The van der Waals surface area contributed by atoms with Crippen molar-refractivity contribution in [2.24, 2.45) is 5.92 Å². The molecule has 1 aliphatic heterocycles. The van der Waals surface area contributed by atoms with Gasteiger partial charge in [0.2, 0.25) is 0 Å². The number of hydrogen-bond acceptors (Lipinski definition) is 3. The number of aliphatic hydroxyl groups excluding tert-OH is 1. The molecule has 1 aliphatic rings. The first-order valence-corrected chi connectivity index (χ1v) is 8.03. The van der Waals surface area contributed by atoms with Crippen molar-refractivity contribution in [3.63, 3.8) is 0 Å². The maximum Gasteiger partial charge on any atom is 0.0611 e. The summed E-state index contributed by atoms with van der Waals surface area (Å²) in [6.45, 7) is 13.7. The van der Waals surface area contributed by atoms with Crippen molar-refractivity contribution in [2.75, 3.05) is 19.7 Å². The van der Waals surface area contributed by atoms with Crippen LogP contribution in [0.2, 0.25) is 0 Å². The summed E-state index contributed by atoms with van der Waals surface area (Å²) in [6, 6.07) is 1.21. The lowest BCUT2D eigenvalue weighted by Crippen LogP contribution is -2.53. The number of nitrogens with one attached hydrogen (secondary N) is 1. The summed E-state index contributed by atoms with van der Waals surface area (Å²) < 4.78 is 0. The molecule has 19 heavy (non-hydrogen) atoms. The molecule has 0 radical (unpaired) electrons. The van der Waals surface area contributed by atoms with E-state index in [1.54, 1.807) is 0 Å². The number of hydrogen-bond donors (Lipinski definition) is 2. The quantitative estimate of drug-likeness (QED) is 0.746. The van der Waals surface area contributed by atoms with E-state index in [4.69, 9.17) is 0 Å². The molecule has 1 rings (SSSR count). The van der Waals surface area contributed by atoms with Gasteiger partial charge in [-0.15, -0.1) is 0 Å². The van der Waals surface area contributed by atoms with Crippen LogP contribution in [0.1, 0.15) is 60.3 Å². The Hall–Kier alpha value is -0.120. The second-order valence-electron chi connectivity index (χ2n) is 6.92. The Morgan fingerprint density at radius 1 is 1.42 bits per heavy atom. The van der Waals surface area contributed by atoms with Gasteiger partial charge in [-0.25, -0.2) is 0 Å². The lowest BCUT2D eigenvalue weighted by Gasteiger charge is -2.43. The normalized spacial score (nSPS) is 30.0. The molecule has 0 aromatic rings. The highest BCUT2D eigenvalue weighted by Crippen LogP contribution is 2.27. The van der Waals surface area contributed by atoms with Gasteiger partial charge in [-0.2, -0.15) is 0 Å². The molecule has 4 atom stereocenters. The smallest absolute Gasteiger partial charge is 0.0611 e. The molecule has 3 heteroatoms. The van der Waals surface area contributed by atoms with Crippen LogP contribution in [0, 0.1) is 5.92 Å². The minimum absolute atomic E-state index is 0.141. The molecule has 0 aromatic heterocycles. The van der Waals surface area contributed by atoms with Crippen molar-refractivity contribution < 1.29 is 5.11 Å². The van der Waals surface area contributed by atoms with Crippen LogP contribution in [0.25, 0.3) is 0 Å². The highest BCUT2D eigenvalue weighted by atomic mass is 16.3. The second-order valence-corrected chi connectivity index (χ2v) is 6.92. The third-order valence-electron chi connectivity index (χ3n) is 4.65. The lowest BCUT2D eigenvalue weighted by atomic mass is 9.88. The van der Waals surface area contributed by atoms with Gasteiger partial charge in [-0.1, -0.05) is 13.8 Å². The fourth-order valence-electron chi connectivity index (χ4n) is 3.47. The third kappa shape index (κ3) is 5.05. The Balaban J connectivity index is 2.54. The molecule has 0 bridgehead atoms. The first-order chi connectivity index (χ1) is 8.91. The highest BCUT2D eigenvalue weighted by molar-refractivity contribution is 4.89. The van der Waals surface area contributed by atoms with Gasteiger partial charge in [0.05, 0.1) is 6.61 Å². The van der Waals surface area contributed by atoms with Gasteiger partial charge in [0, 0.05) is 17.6 Å². The Bertz CT molecular complexity index is 259. The lowest BCUT2D eigenvalue weighted by molar-refractivity contribution is 0.0576. The van der Waals surface area contributed by atoms with E-state index in [0.717, 1.165) is 25.3 Å². The number of piperidine rings is 1. The standard InChI is InChI=1S/C16H34N2O/c1-6-8-17-16(5,12-19)11-15(4)18-9-7-13(2)10-14(18)3/h13-15,17,19H,6-12H2,1-5H3. The number of aliphatic hydroxyl groups is 1. The van der Waals surface area contributed by atoms with Gasteiger partial charge in [0.15, 0.2) is 0 Å². The monoisotopic (exact) mass is 270 g/mol. The van der Waals surface area contributed by atoms with Gasteiger partial charge in [-0.05, 0) is 65.5 Å². The molecule has 0 amide bonds. The number of likely N-dealkylation sites (tertiary alicyclic amines) is 1. The molecule has 4 unspecified atom stereocenters. The number of nitrogens with zero attached hydrogens (tertiary/aromatic N) is 1. The Morgan fingerprint density at radius 2 is 2.11 bits per heavy atom. The summed E-state index contributed by atoms with van der Waals surface area (Å²) >= 11 is 0. The van der Waals surface area contributed by atoms with Crippen molar-refractivity contribution in [3.05, 3.63) is 0 Å². The Morgan fingerprint density at radius 3 is 2.63 bits per heavy atom. The highest BCUT2D eigenvalue weighted by Gasteiger charge is 2.31. The maximum atomic E-state index is 9.69. The van der Waals surface area contributed by atoms with Crippen LogP contribution in [-0.4, -0.2) is 47.3 Å². The van der Waals surface area contributed by atoms with E-state index in [1.165, 1.54) is 19.4 Å². The summed E-state index contributed by atoms with van der Waals surface area (Å²) in [4.78, 5) is 2.63. The van der Waals surface area contributed by atoms with Crippen molar-refractivity contribution >= 4 is 0 Å². The molecule has 1 fully saturated rings. The fourth-order valence-corrected chi connectivity index (χ4v) is 3.47. The summed E-state index contributed by atoms with van der Waals surface area (Å²) in [5.74, 6) is 0.862. The minimum Gasteiger partial charge on any atom is -0.394 e. The van der Waals surface area contributed by atoms with Gasteiger partial charge in [0.1, 0.15) is 0 Å². The van der Waals surface area contributed by atoms with E-state index in [0.29, 0.717) is 12.1 Å². The molecule has 1 heterocycles. The average Bonchev–Trinajstić information content (AvgIpc) is 2.36. The molecule has 0 aliphatic carbocycles. The van der Waals surface area contributed by atoms with E-state index in [-0.39, 0.29) is 12.1 Å². The molecule has 1 saturated heterocycles. The fraction of sp³-hybridized carbons (Fsp3) is 1.00. The first-order valence-electron chi connectivity index (χ1n) is 8.03. The molecule has 3 nitrogen and oxygen atoms in total. The SMILES string of the molecule is CCCNC(C)(CO)CC(C)N1CCC(C)CC1C. The molecule has 0 aromatic carbocycles. The van der Waals surface area contributed by atoms with Crippen LogP contribution < -0.4 is 5.32 Å². The topological polar surface area (TPSA) is 35.5 Å². The van der Waals surface area contributed by atoms with Crippen LogP contribution >= 0.6 is 0 Å².